The summed E-state index contributed by atoms with van der Waals surface area (Å²) in [6.07, 6.45) is 0.599. The Balaban J connectivity index is 1.55. The zero-order valence-corrected chi connectivity index (χ0v) is 14.0. The summed E-state index contributed by atoms with van der Waals surface area (Å²) in [7, 11) is -3.50. The fourth-order valence-electron chi connectivity index (χ4n) is 2.40. The Morgan fingerprint density at radius 2 is 1.54 bits per heavy atom. The summed E-state index contributed by atoms with van der Waals surface area (Å²) in [5, 5.41) is 1.93. The molecule has 3 rings (SSSR count). The third-order valence-electron chi connectivity index (χ3n) is 3.66. The van der Waals surface area contributed by atoms with Crippen LogP contribution in [0.4, 0.5) is 0 Å². The van der Waals surface area contributed by atoms with Gasteiger partial charge in [-0.1, -0.05) is 48.5 Å². The molecule has 0 spiro atoms. The molecule has 0 radical (unpaired) electrons. The largest absolute Gasteiger partial charge is 0.494 e. The minimum absolute atomic E-state index is 0.283. The molecular weight excluding hydrogens is 322 g/mol. The fourth-order valence-corrected chi connectivity index (χ4v) is 3.51. The second-order valence-electron chi connectivity index (χ2n) is 5.42. The van der Waals surface area contributed by atoms with E-state index in [4.69, 9.17) is 4.74 Å². The van der Waals surface area contributed by atoms with Crippen molar-refractivity contribution >= 4 is 20.8 Å². The first-order valence-electron chi connectivity index (χ1n) is 7.81. The van der Waals surface area contributed by atoms with Gasteiger partial charge in [-0.25, -0.2) is 13.1 Å². The second-order valence-corrected chi connectivity index (χ2v) is 7.19. The van der Waals surface area contributed by atoms with E-state index in [1.165, 1.54) is 0 Å². The molecule has 0 fully saturated rings. The Morgan fingerprint density at radius 3 is 2.33 bits per heavy atom. The normalized spacial score (nSPS) is 11.5. The average Bonchev–Trinajstić information content (AvgIpc) is 2.62. The van der Waals surface area contributed by atoms with Gasteiger partial charge in [0.1, 0.15) is 5.75 Å². The van der Waals surface area contributed by atoms with Gasteiger partial charge in [0.25, 0.3) is 0 Å². The summed E-state index contributed by atoms with van der Waals surface area (Å²) >= 11 is 0. The average molecular weight is 341 g/mol. The third-order valence-corrected chi connectivity index (χ3v) is 5.12. The van der Waals surface area contributed by atoms with Crippen LogP contribution < -0.4 is 9.46 Å². The number of hydrogen-bond acceptors (Lipinski definition) is 3. The lowest BCUT2D eigenvalue weighted by molar-refractivity contribution is 0.311. The molecule has 24 heavy (non-hydrogen) atoms. The highest BCUT2D eigenvalue weighted by Gasteiger charge is 2.13. The predicted molar refractivity (Wildman–Crippen MR) is 95.7 cm³/mol. The lowest BCUT2D eigenvalue weighted by Crippen LogP contribution is -2.25. The number of sulfonamides is 1. The van der Waals surface area contributed by atoms with Crippen molar-refractivity contribution in [3.05, 3.63) is 72.8 Å². The first-order valence-corrected chi connectivity index (χ1v) is 9.30. The molecular formula is C19H19NO3S. The van der Waals surface area contributed by atoms with Gasteiger partial charge in [0.05, 0.1) is 11.5 Å². The van der Waals surface area contributed by atoms with Gasteiger partial charge in [-0.05, 0) is 41.5 Å². The van der Waals surface area contributed by atoms with Crippen LogP contribution in [0, 0.1) is 0 Å². The van der Waals surface area contributed by atoms with E-state index < -0.39 is 10.0 Å². The van der Waals surface area contributed by atoms with Gasteiger partial charge >= 0.3 is 0 Å². The predicted octanol–water partition coefficient (Wildman–Crippen LogP) is 3.59. The summed E-state index contributed by atoms with van der Waals surface area (Å²) in [6.45, 7) is 0.798. The van der Waals surface area contributed by atoms with E-state index >= 15 is 0 Å². The Kier molecular flexibility index (Phi) is 5.13. The molecule has 1 N–H and O–H groups in total. The first kappa shape index (κ1) is 16.5. The van der Waals surface area contributed by atoms with E-state index in [2.05, 4.69) is 4.72 Å². The number of para-hydroxylation sites is 1. The molecule has 0 atom stereocenters. The van der Waals surface area contributed by atoms with E-state index in [1.807, 2.05) is 60.7 Å². The van der Waals surface area contributed by atoms with Crippen LogP contribution in [0.2, 0.25) is 0 Å². The highest BCUT2D eigenvalue weighted by Crippen LogP contribution is 2.18. The van der Waals surface area contributed by atoms with E-state index in [-0.39, 0.29) is 4.90 Å². The van der Waals surface area contributed by atoms with Gasteiger partial charge in [-0.2, -0.15) is 0 Å². The highest BCUT2D eigenvalue weighted by molar-refractivity contribution is 7.89. The number of ether oxygens (including phenoxy) is 1. The Morgan fingerprint density at radius 1 is 0.833 bits per heavy atom. The highest BCUT2D eigenvalue weighted by atomic mass is 32.2. The van der Waals surface area contributed by atoms with E-state index in [1.54, 1.807) is 12.1 Å². The van der Waals surface area contributed by atoms with E-state index in [0.29, 0.717) is 19.6 Å². The smallest absolute Gasteiger partial charge is 0.240 e. The number of rotatable bonds is 7. The summed E-state index contributed by atoms with van der Waals surface area (Å²) in [5.74, 6) is 0.787. The molecule has 3 aromatic carbocycles. The SMILES string of the molecule is O=S(=O)(NCCCOc1ccccc1)c1ccc2ccccc2c1. The van der Waals surface area contributed by atoms with Crippen molar-refractivity contribution in [1.82, 2.24) is 4.72 Å². The molecule has 124 valence electrons. The van der Waals surface area contributed by atoms with Crippen molar-refractivity contribution in [2.24, 2.45) is 0 Å². The quantitative estimate of drug-likeness (QED) is 0.668. The van der Waals surface area contributed by atoms with Gasteiger partial charge in [0.2, 0.25) is 10.0 Å². The summed E-state index contributed by atoms with van der Waals surface area (Å²) < 4.78 is 32.9. The number of fused-ring (bicyclic) bond motifs is 1. The van der Waals surface area contributed by atoms with Crippen molar-refractivity contribution in [3.8, 4) is 5.75 Å². The molecule has 0 heterocycles. The van der Waals surface area contributed by atoms with E-state index in [9.17, 15) is 8.42 Å². The van der Waals surface area contributed by atoms with Crippen LogP contribution in [0.5, 0.6) is 5.75 Å². The zero-order valence-electron chi connectivity index (χ0n) is 13.2. The minimum atomic E-state index is -3.50. The number of hydrogen-bond donors (Lipinski definition) is 1. The maximum Gasteiger partial charge on any atom is 0.240 e. The van der Waals surface area contributed by atoms with Crippen LogP contribution in [-0.4, -0.2) is 21.6 Å². The standard InChI is InChI=1S/C19H19NO3S/c21-24(22,19-12-11-16-7-4-5-8-17(16)15-19)20-13-6-14-23-18-9-2-1-3-10-18/h1-5,7-12,15,20H,6,13-14H2. The Labute approximate surface area is 142 Å². The third kappa shape index (κ3) is 4.13. The van der Waals surface area contributed by atoms with Crippen molar-refractivity contribution in [2.45, 2.75) is 11.3 Å². The molecule has 0 saturated heterocycles. The summed E-state index contributed by atoms with van der Waals surface area (Å²) in [5.41, 5.74) is 0. The molecule has 0 aliphatic rings. The van der Waals surface area contributed by atoms with Crippen molar-refractivity contribution in [1.29, 1.82) is 0 Å². The van der Waals surface area contributed by atoms with Crippen LogP contribution in [0.3, 0.4) is 0 Å². The van der Waals surface area contributed by atoms with Crippen LogP contribution in [0.1, 0.15) is 6.42 Å². The van der Waals surface area contributed by atoms with Gasteiger partial charge in [-0.15, -0.1) is 0 Å². The summed E-state index contributed by atoms with van der Waals surface area (Å²) in [6, 6.07) is 22.3. The molecule has 0 saturated carbocycles. The Hall–Kier alpha value is -2.37. The lowest BCUT2D eigenvalue weighted by atomic mass is 10.1. The van der Waals surface area contributed by atoms with Gasteiger partial charge in [0.15, 0.2) is 0 Å². The van der Waals surface area contributed by atoms with Crippen LogP contribution in [0.15, 0.2) is 77.7 Å². The second kappa shape index (κ2) is 7.47. The first-order chi connectivity index (χ1) is 11.6. The molecule has 3 aromatic rings. The lowest BCUT2D eigenvalue weighted by Gasteiger charge is -2.09. The van der Waals surface area contributed by atoms with Crippen LogP contribution in [0.25, 0.3) is 10.8 Å². The molecule has 4 nitrogen and oxygen atoms in total. The molecule has 0 amide bonds. The van der Waals surface area contributed by atoms with Gasteiger partial charge < -0.3 is 4.74 Å². The zero-order chi connectivity index (χ0) is 16.8. The maximum atomic E-state index is 12.4. The molecule has 5 heteroatoms. The van der Waals surface area contributed by atoms with Gasteiger partial charge in [0, 0.05) is 6.54 Å². The topological polar surface area (TPSA) is 55.4 Å². The fraction of sp³-hybridized carbons (Fsp3) is 0.158. The minimum Gasteiger partial charge on any atom is -0.494 e. The molecule has 0 aliphatic carbocycles. The van der Waals surface area contributed by atoms with E-state index in [0.717, 1.165) is 16.5 Å². The number of nitrogens with one attached hydrogen (secondary N) is 1. The maximum absolute atomic E-state index is 12.4. The monoisotopic (exact) mass is 341 g/mol. The Bertz CT molecular complexity index is 908. The van der Waals surface area contributed by atoms with Crippen LogP contribution in [-0.2, 0) is 10.0 Å². The molecule has 0 bridgehead atoms. The molecule has 0 unspecified atom stereocenters. The number of benzene rings is 3. The van der Waals surface area contributed by atoms with Crippen molar-refractivity contribution in [2.75, 3.05) is 13.2 Å². The van der Waals surface area contributed by atoms with Crippen molar-refractivity contribution in [3.63, 3.8) is 0 Å². The van der Waals surface area contributed by atoms with Crippen molar-refractivity contribution < 1.29 is 13.2 Å². The van der Waals surface area contributed by atoms with Crippen LogP contribution >= 0.6 is 0 Å². The molecule has 0 aliphatic heterocycles. The molecule has 0 aromatic heterocycles. The van der Waals surface area contributed by atoms with Gasteiger partial charge in [-0.3, -0.25) is 0 Å². The summed E-state index contributed by atoms with van der Waals surface area (Å²) in [4.78, 5) is 0.283.